The van der Waals surface area contributed by atoms with Gasteiger partial charge in [-0.05, 0) is 42.7 Å². The minimum absolute atomic E-state index is 0.331. The second-order valence-electron chi connectivity index (χ2n) is 6.57. The first-order chi connectivity index (χ1) is 13.3. The van der Waals surface area contributed by atoms with Crippen LogP contribution < -0.4 is 5.73 Å². The zero-order valence-corrected chi connectivity index (χ0v) is 15.1. The van der Waals surface area contributed by atoms with Crippen molar-refractivity contribution in [3.05, 3.63) is 79.2 Å². The van der Waals surface area contributed by atoms with Gasteiger partial charge in [-0.2, -0.15) is 0 Å². The molecule has 6 heteroatoms. The summed E-state index contributed by atoms with van der Waals surface area (Å²) in [6.45, 7) is 1.64. The number of allylic oxidation sites excluding steroid dienone is 1. The third kappa shape index (κ3) is 4.35. The number of rotatable bonds is 7. The molecule has 3 aromatic rings. The van der Waals surface area contributed by atoms with E-state index in [-0.39, 0.29) is 6.29 Å². The van der Waals surface area contributed by atoms with Gasteiger partial charge < -0.3 is 13.9 Å². The molecular weight excluding hydrogens is 338 g/mol. The molecule has 2 N–H and O–H groups in total. The van der Waals surface area contributed by atoms with Crippen LogP contribution in [0.1, 0.15) is 12.0 Å². The SMILES string of the molecule is NC1N=C(CCc2cccc(-c3ccco3)c2)C=CN1CCn1ccnc1. The second kappa shape index (κ2) is 8.05. The van der Waals surface area contributed by atoms with Gasteiger partial charge in [0.1, 0.15) is 5.76 Å². The zero-order chi connectivity index (χ0) is 18.5. The molecule has 1 unspecified atom stereocenters. The number of aromatic nitrogens is 2. The van der Waals surface area contributed by atoms with Crippen molar-refractivity contribution in [2.24, 2.45) is 10.7 Å². The number of nitrogens with two attached hydrogens (primary N) is 1. The molecule has 0 saturated carbocycles. The number of hydrogen-bond acceptors (Lipinski definition) is 5. The first kappa shape index (κ1) is 17.3. The standard InChI is InChI=1S/C21H23N5O/c22-21-24-19(8-10-26(21)13-12-25-11-9-23-16-25)7-6-17-3-1-4-18(15-17)20-5-2-14-27-20/h1-5,8-11,14-16,21H,6-7,12-13,22H2. The van der Waals surface area contributed by atoms with E-state index in [9.17, 15) is 0 Å². The van der Waals surface area contributed by atoms with Crippen LogP contribution in [-0.2, 0) is 13.0 Å². The number of aliphatic imine (C=N–C) groups is 1. The fraction of sp³-hybridized carbons (Fsp3) is 0.238. The van der Waals surface area contributed by atoms with Gasteiger partial charge in [0.05, 0.1) is 12.6 Å². The average molecular weight is 361 g/mol. The van der Waals surface area contributed by atoms with E-state index in [2.05, 4.69) is 40.3 Å². The Hall–Kier alpha value is -3.12. The normalized spacial score (nSPS) is 16.6. The number of nitrogens with zero attached hydrogens (tertiary/aromatic N) is 4. The van der Waals surface area contributed by atoms with Crippen molar-refractivity contribution in [3.8, 4) is 11.3 Å². The molecule has 0 saturated heterocycles. The Labute approximate surface area is 158 Å². The molecule has 138 valence electrons. The van der Waals surface area contributed by atoms with Crippen LogP contribution in [-0.4, -0.2) is 33.0 Å². The lowest BCUT2D eigenvalue weighted by Gasteiger charge is -2.28. The largest absolute Gasteiger partial charge is 0.464 e. The molecule has 0 amide bonds. The molecule has 0 fully saturated rings. The van der Waals surface area contributed by atoms with Crippen LogP contribution in [0.2, 0.25) is 0 Å². The number of furan rings is 1. The van der Waals surface area contributed by atoms with E-state index in [0.717, 1.165) is 43.0 Å². The van der Waals surface area contributed by atoms with Crippen molar-refractivity contribution in [1.82, 2.24) is 14.5 Å². The van der Waals surface area contributed by atoms with Gasteiger partial charge in [0, 0.05) is 43.0 Å². The third-order valence-corrected chi connectivity index (χ3v) is 4.67. The van der Waals surface area contributed by atoms with E-state index in [0.29, 0.717) is 0 Å². The number of aryl methyl sites for hydroxylation is 1. The predicted octanol–water partition coefficient (Wildman–Crippen LogP) is 3.29. The lowest BCUT2D eigenvalue weighted by atomic mass is 10.0. The average Bonchev–Trinajstić information content (AvgIpc) is 3.40. The predicted molar refractivity (Wildman–Crippen MR) is 106 cm³/mol. The number of imidazole rings is 1. The van der Waals surface area contributed by atoms with Crippen molar-refractivity contribution in [2.45, 2.75) is 25.7 Å². The lowest BCUT2D eigenvalue weighted by molar-refractivity contribution is 0.274. The quantitative estimate of drug-likeness (QED) is 0.701. The van der Waals surface area contributed by atoms with E-state index in [1.54, 1.807) is 12.5 Å². The van der Waals surface area contributed by atoms with Crippen molar-refractivity contribution in [1.29, 1.82) is 0 Å². The third-order valence-electron chi connectivity index (χ3n) is 4.67. The Morgan fingerprint density at radius 1 is 1.11 bits per heavy atom. The summed E-state index contributed by atoms with van der Waals surface area (Å²) in [7, 11) is 0. The van der Waals surface area contributed by atoms with Gasteiger partial charge in [0.25, 0.3) is 0 Å². The fourth-order valence-corrected chi connectivity index (χ4v) is 3.16. The molecule has 2 aromatic heterocycles. The molecule has 3 heterocycles. The summed E-state index contributed by atoms with van der Waals surface area (Å²) in [4.78, 5) is 10.7. The molecule has 0 aliphatic carbocycles. The molecule has 6 nitrogen and oxygen atoms in total. The van der Waals surface area contributed by atoms with Crippen LogP contribution in [0.25, 0.3) is 11.3 Å². The highest BCUT2D eigenvalue weighted by Gasteiger charge is 2.14. The van der Waals surface area contributed by atoms with Gasteiger partial charge >= 0.3 is 0 Å². The van der Waals surface area contributed by atoms with Crippen LogP contribution in [0, 0.1) is 0 Å². The molecule has 1 aromatic carbocycles. The Morgan fingerprint density at radius 3 is 2.85 bits per heavy atom. The Morgan fingerprint density at radius 2 is 2.07 bits per heavy atom. The summed E-state index contributed by atoms with van der Waals surface area (Å²) in [5.74, 6) is 0.891. The van der Waals surface area contributed by atoms with Gasteiger partial charge in [-0.3, -0.25) is 10.7 Å². The first-order valence-corrected chi connectivity index (χ1v) is 9.13. The Kier molecular flexibility index (Phi) is 5.16. The van der Waals surface area contributed by atoms with Crippen molar-refractivity contribution < 1.29 is 4.42 Å². The second-order valence-corrected chi connectivity index (χ2v) is 6.57. The van der Waals surface area contributed by atoms with Gasteiger partial charge in [-0.1, -0.05) is 18.2 Å². The highest BCUT2D eigenvalue weighted by atomic mass is 16.3. The maximum Gasteiger partial charge on any atom is 0.173 e. The van der Waals surface area contributed by atoms with Gasteiger partial charge in [-0.25, -0.2) is 4.98 Å². The van der Waals surface area contributed by atoms with Gasteiger partial charge in [0.2, 0.25) is 0 Å². The number of hydrogen-bond donors (Lipinski definition) is 1. The Bertz CT molecular complexity index is 912. The van der Waals surface area contributed by atoms with Gasteiger partial charge in [0.15, 0.2) is 6.29 Å². The Balaban J connectivity index is 1.32. The maximum atomic E-state index is 6.22. The van der Waals surface area contributed by atoms with Crippen molar-refractivity contribution >= 4 is 5.71 Å². The molecule has 1 atom stereocenters. The monoisotopic (exact) mass is 361 g/mol. The van der Waals surface area contributed by atoms with E-state index in [4.69, 9.17) is 10.2 Å². The van der Waals surface area contributed by atoms with Crippen molar-refractivity contribution in [2.75, 3.05) is 6.54 Å². The molecular formula is C21H23N5O. The van der Waals surface area contributed by atoms with Crippen LogP contribution in [0.15, 0.2) is 83.1 Å². The minimum atomic E-state index is -0.331. The zero-order valence-electron chi connectivity index (χ0n) is 15.1. The van der Waals surface area contributed by atoms with Gasteiger partial charge in [-0.15, -0.1) is 0 Å². The fourth-order valence-electron chi connectivity index (χ4n) is 3.16. The van der Waals surface area contributed by atoms with E-state index in [1.807, 2.05) is 40.3 Å². The van der Waals surface area contributed by atoms with Crippen LogP contribution >= 0.6 is 0 Å². The van der Waals surface area contributed by atoms with Crippen LogP contribution in [0.3, 0.4) is 0 Å². The lowest BCUT2D eigenvalue weighted by Crippen LogP contribution is -2.41. The van der Waals surface area contributed by atoms with E-state index < -0.39 is 0 Å². The molecule has 27 heavy (non-hydrogen) atoms. The summed E-state index contributed by atoms with van der Waals surface area (Å²) >= 11 is 0. The number of benzene rings is 1. The summed E-state index contributed by atoms with van der Waals surface area (Å²) in [5, 5.41) is 0. The highest BCUT2D eigenvalue weighted by Crippen LogP contribution is 2.21. The smallest absolute Gasteiger partial charge is 0.173 e. The molecule has 0 spiro atoms. The summed E-state index contributed by atoms with van der Waals surface area (Å²) in [6, 6.07) is 12.3. The van der Waals surface area contributed by atoms with E-state index >= 15 is 0 Å². The molecule has 1 aliphatic heterocycles. The van der Waals surface area contributed by atoms with Crippen LogP contribution in [0.5, 0.6) is 0 Å². The van der Waals surface area contributed by atoms with E-state index in [1.165, 1.54) is 5.56 Å². The van der Waals surface area contributed by atoms with Crippen LogP contribution in [0.4, 0.5) is 0 Å². The minimum Gasteiger partial charge on any atom is -0.464 e. The van der Waals surface area contributed by atoms with Crippen molar-refractivity contribution in [3.63, 3.8) is 0 Å². The summed E-state index contributed by atoms with van der Waals surface area (Å²) in [6.07, 6.45) is 12.8. The summed E-state index contributed by atoms with van der Waals surface area (Å²) < 4.78 is 7.52. The summed E-state index contributed by atoms with van der Waals surface area (Å²) in [5.41, 5.74) is 9.61. The molecule has 1 aliphatic rings. The highest BCUT2D eigenvalue weighted by molar-refractivity contribution is 5.95. The topological polar surface area (TPSA) is 72.6 Å². The first-order valence-electron chi connectivity index (χ1n) is 9.13. The molecule has 0 bridgehead atoms. The molecule has 4 rings (SSSR count). The maximum absolute atomic E-state index is 6.22. The molecule has 0 radical (unpaired) electrons.